The first kappa shape index (κ1) is 17.3. The van der Waals surface area contributed by atoms with Crippen LogP contribution in [0.4, 0.5) is 0 Å². The number of piperidine rings is 2. The molecule has 140 valence electrons. The fraction of sp³-hybridized carbons (Fsp3) is 0.579. The number of aliphatic hydroxyl groups is 1. The van der Waals surface area contributed by atoms with Crippen LogP contribution in [0.1, 0.15) is 35.3 Å². The van der Waals surface area contributed by atoms with Gasteiger partial charge in [0.25, 0.3) is 5.91 Å². The van der Waals surface area contributed by atoms with E-state index in [4.69, 9.17) is 4.42 Å². The van der Waals surface area contributed by atoms with Gasteiger partial charge >= 0.3 is 0 Å². The van der Waals surface area contributed by atoms with Gasteiger partial charge in [-0.1, -0.05) is 0 Å². The summed E-state index contributed by atoms with van der Waals surface area (Å²) in [4.78, 5) is 24.1. The lowest BCUT2D eigenvalue weighted by Gasteiger charge is -2.51. The molecule has 2 N–H and O–H groups in total. The van der Waals surface area contributed by atoms with E-state index in [2.05, 4.69) is 14.9 Å². The SMILES string of the molecule is O=C(c1ccoc1)N1CCC2(CCN(Cc3cnc[nH]3)CC2)[C@@H](CO)C1. The highest BCUT2D eigenvalue weighted by Gasteiger charge is 2.45. The fourth-order valence-electron chi connectivity index (χ4n) is 4.54. The highest BCUT2D eigenvalue weighted by Crippen LogP contribution is 2.45. The molecule has 2 aromatic heterocycles. The zero-order chi connectivity index (χ0) is 18.0. The maximum Gasteiger partial charge on any atom is 0.257 e. The molecule has 2 saturated heterocycles. The molecule has 4 heterocycles. The van der Waals surface area contributed by atoms with E-state index in [-0.39, 0.29) is 23.8 Å². The van der Waals surface area contributed by atoms with Gasteiger partial charge in [0.05, 0.1) is 18.2 Å². The van der Waals surface area contributed by atoms with E-state index in [1.54, 1.807) is 12.4 Å². The summed E-state index contributed by atoms with van der Waals surface area (Å²) in [5.41, 5.74) is 1.87. The van der Waals surface area contributed by atoms with Crippen molar-refractivity contribution in [3.8, 4) is 0 Å². The molecule has 7 nitrogen and oxygen atoms in total. The summed E-state index contributed by atoms with van der Waals surface area (Å²) in [6.07, 6.45) is 9.71. The van der Waals surface area contributed by atoms with Crippen LogP contribution >= 0.6 is 0 Å². The molecular weight excluding hydrogens is 332 g/mol. The molecule has 0 aromatic carbocycles. The minimum absolute atomic E-state index is 0.00345. The number of H-pyrrole nitrogens is 1. The smallest absolute Gasteiger partial charge is 0.257 e. The van der Waals surface area contributed by atoms with Crippen molar-refractivity contribution >= 4 is 5.91 Å². The second-order valence-electron chi connectivity index (χ2n) is 7.61. The number of hydrogen-bond donors (Lipinski definition) is 2. The van der Waals surface area contributed by atoms with Gasteiger partial charge in [0.1, 0.15) is 6.26 Å². The number of aromatic nitrogens is 2. The zero-order valence-electron chi connectivity index (χ0n) is 14.9. The van der Waals surface area contributed by atoms with Gasteiger partial charge in [0, 0.05) is 44.0 Å². The number of carbonyl (C=O) groups is 1. The third-order valence-electron chi connectivity index (χ3n) is 6.26. The molecule has 0 unspecified atom stereocenters. The number of nitrogens with zero attached hydrogens (tertiary/aromatic N) is 3. The van der Waals surface area contributed by atoms with E-state index >= 15 is 0 Å². The van der Waals surface area contributed by atoms with Crippen molar-refractivity contribution in [1.82, 2.24) is 19.8 Å². The molecule has 1 amide bonds. The molecule has 1 spiro atoms. The number of amides is 1. The predicted molar refractivity (Wildman–Crippen MR) is 95.3 cm³/mol. The lowest BCUT2D eigenvalue weighted by molar-refractivity contribution is -0.0366. The lowest BCUT2D eigenvalue weighted by Crippen LogP contribution is -2.54. The van der Waals surface area contributed by atoms with Crippen molar-refractivity contribution in [2.24, 2.45) is 11.3 Å². The molecule has 0 saturated carbocycles. The lowest BCUT2D eigenvalue weighted by atomic mass is 9.64. The number of likely N-dealkylation sites (tertiary alicyclic amines) is 2. The van der Waals surface area contributed by atoms with E-state index in [1.807, 2.05) is 11.1 Å². The quantitative estimate of drug-likeness (QED) is 0.870. The molecule has 2 aromatic rings. The summed E-state index contributed by atoms with van der Waals surface area (Å²) >= 11 is 0. The Balaban J connectivity index is 1.38. The van der Waals surface area contributed by atoms with Crippen LogP contribution in [0.3, 0.4) is 0 Å². The maximum absolute atomic E-state index is 12.6. The van der Waals surface area contributed by atoms with Crippen LogP contribution < -0.4 is 0 Å². The molecule has 2 aliphatic heterocycles. The van der Waals surface area contributed by atoms with E-state index in [0.717, 1.165) is 51.1 Å². The van der Waals surface area contributed by atoms with Gasteiger partial charge in [-0.15, -0.1) is 0 Å². The standard InChI is InChI=1S/C19H26N4O3/c24-12-16-10-23(18(25)15-1-8-26-13-15)7-4-19(16)2-5-22(6-3-19)11-17-9-20-14-21-17/h1,8-9,13-14,16,24H,2-7,10-12H2,(H,20,21)/t16-/m1/s1. The number of carbonyl (C=O) groups excluding carboxylic acids is 1. The minimum atomic E-state index is 0.00345. The number of furan rings is 1. The molecule has 2 aliphatic rings. The molecule has 4 rings (SSSR count). The summed E-state index contributed by atoms with van der Waals surface area (Å²) < 4.78 is 5.03. The summed E-state index contributed by atoms with van der Waals surface area (Å²) in [6, 6.07) is 1.70. The summed E-state index contributed by atoms with van der Waals surface area (Å²) in [5.74, 6) is 0.144. The van der Waals surface area contributed by atoms with Gasteiger partial charge in [0.15, 0.2) is 0 Å². The highest BCUT2D eigenvalue weighted by atomic mass is 16.3. The fourth-order valence-corrected chi connectivity index (χ4v) is 4.54. The third kappa shape index (κ3) is 3.29. The van der Waals surface area contributed by atoms with Crippen LogP contribution in [0.25, 0.3) is 0 Å². The number of rotatable bonds is 4. The molecule has 0 bridgehead atoms. The molecule has 1 atom stereocenters. The first-order valence-electron chi connectivity index (χ1n) is 9.32. The van der Waals surface area contributed by atoms with Crippen LogP contribution in [0.15, 0.2) is 35.5 Å². The van der Waals surface area contributed by atoms with Crippen molar-refractivity contribution in [2.45, 2.75) is 25.8 Å². The van der Waals surface area contributed by atoms with Gasteiger partial charge in [-0.3, -0.25) is 9.69 Å². The largest absolute Gasteiger partial charge is 0.472 e. The van der Waals surface area contributed by atoms with Crippen LogP contribution in [0.2, 0.25) is 0 Å². The van der Waals surface area contributed by atoms with Gasteiger partial charge in [0.2, 0.25) is 0 Å². The van der Waals surface area contributed by atoms with E-state index in [1.165, 1.54) is 12.5 Å². The normalized spacial score (nSPS) is 23.4. The topological polar surface area (TPSA) is 85.6 Å². The second kappa shape index (κ2) is 7.25. The first-order valence-corrected chi connectivity index (χ1v) is 9.32. The Morgan fingerprint density at radius 2 is 2.15 bits per heavy atom. The Labute approximate surface area is 153 Å². The maximum atomic E-state index is 12.6. The zero-order valence-corrected chi connectivity index (χ0v) is 14.9. The van der Waals surface area contributed by atoms with Crippen LogP contribution in [0.5, 0.6) is 0 Å². The van der Waals surface area contributed by atoms with Crippen molar-refractivity contribution < 1.29 is 14.3 Å². The van der Waals surface area contributed by atoms with Gasteiger partial charge in [-0.05, 0) is 43.8 Å². The number of aliphatic hydroxyl groups excluding tert-OH is 1. The monoisotopic (exact) mass is 358 g/mol. The second-order valence-corrected chi connectivity index (χ2v) is 7.61. The van der Waals surface area contributed by atoms with Crippen molar-refractivity contribution in [2.75, 3.05) is 32.8 Å². The van der Waals surface area contributed by atoms with Gasteiger partial charge in [-0.25, -0.2) is 4.98 Å². The van der Waals surface area contributed by atoms with E-state index < -0.39 is 0 Å². The molecule has 2 fully saturated rings. The molecule has 0 radical (unpaired) electrons. The Hall–Kier alpha value is -2.12. The van der Waals surface area contributed by atoms with Crippen molar-refractivity contribution in [1.29, 1.82) is 0 Å². The third-order valence-corrected chi connectivity index (χ3v) is 6.26. The predicted octanol–water partition coefficient (Wildman–Crippen LogP) is 1.74. The summed E-state index contributed by atoms with van der Waals surface area (Å²) in [7, 11) is 0. The van der Waals surface area contributed by atoms with Crippen molar-refractivity contribution in [3.05, 3.63) is 42.4 Å². The number of hydrogen-bond acceptors (Lipinski definition) is 5. The summed E-state index contributed by atoms with van der Waals surface area (Å²) in [6.45, 7) is 4.44. The Morgan fingerprint density at radius 3 is 2.81 bits per heavy atom. The number of imidazole rings is 1. The first-order chi connectivity index (χ1) is 12.7. The minimum Gasteiger partial charge on any atom is -0.472 e. The number of aromatic amines is 1. The van der Waals surface area contributed by atoms with Gasteiger partial charge < -0.3 is 19.4 Å². The van der Waals surface area contributed by atoms with Crippen LogP contribution in [0, 0.1) is 11.3 Å². The highest BCUT2D eigenvalue weighted by molar-refractivity contribution is 5.93. The average Bonchev–Trinajstić information content (AvgIpc) is 3.37. The van der Waals surface area contributed by atoms with E-state index in [0.29, 0.717) is 12.1 Å². The Morgan fingerprint density at radius 1 is 1.35 bits per heavy atom. The number of nitrogens with one attached hydrogen (secondary N) is 1. The van der Waals surface area contributed by atoms with E-state index in [9.17, 15) is 9.90 Å². The van der Waals surface area contributed by atoms with Gasteiger partial charge in [-0.2, -0.15) is 0 Å². The van der Waals surface area contributed by atoms with Crippen LogP contribution in [-0.2, 0) is 6.54 Å². The average molecular weight is 358 g/mol. The van der Waals surface area contributed by atoms with Crippen LogP contribution in [-0.4, -0.2) is 63.6 Å². The molecule has 7 heteroatoms. The molecule has 0 aliphatic carbocycles. The molecule has 26 heavy (non-hydrogen) atoms. The summed E-state index contributed by atoms with van der Waals surface area (Å²) in [5, 5.41) is 10.0. The van der Waals surface area contributed by atoms with Crippen molar-refractivity contribution in [3.63, 3.8) is 0 Å². The molecular formula is C19H26N4O3. The Bertz CT molecular complexity index is 705. The Kier molecular flexibility index (Phi) is 4.82.